The van der Waals surface area contributed by atoms with Crippen LogP contribution in [0.5, 0.6) is 5.75 Å². The van der Waals surface area contributed by atoms with Gasteiger partial charge in [0.2, 0.25) is 5.91 Å². The van der Waals surface area contributed by atoms with Crippen LogP contribution in [0.2, 0.25) is 5.02 Å². The van der Waals surface area contributed by atoms with Crippen LogP contribution < -0.4 is 15.4 Å². The van der Waals surface area contributed by atoms with Crippen LogP contribution in [0, 0.1) is 0 Å². The van der Waals surface area contributed by atoms with Gasteiger partial charge in [-0.25, -0.2) is 0 Å². The molecule has 0 spiro atoms. The maximum Gasteiger partial charge on any atom is 0.262 e. The van der Waals surface area contributed by atoms with Crippen LogP contribution in [-0.2, 0) is 16.0 Å². The Kier molecular flexibility index (Phi) is 7.88. The van der Waals surface area contributed by atoms with Crippen molar-refractivity contribution in [2.75, 3.05) is 17.2 Å². The first-order valence-corrected chi connectivity index (χ1v) is 10.5. The Balaban J connectivity index is 1.44. The van der Waals surface area contributed by atoms with Crippen molar-refractivity contribution in [1.29, 1.82) is 0 Å². The number of hydrogen-bond donors (Lipinski definition) is 2. The highest BCUT2D eigenvalue weighted by Gasteiger charge is 2.08. The van der Waals surface area contributed by atoms with Crippen molar-refractivity contribution < 1.29 is 14.3 Å². The molecule has 0 saturated carbocycles. The number of carbonyl (C=O) groups excluding carboxylic acids is 2. The number of aryl methyl sites for hydroxylation is 1. The fourth-order valence-electron chi connectivity index (χ4n) is 2.70. The Hall–Kier alpha value is -2.83. The van der Waals surface area contributed by atoms with Gasteiger partial charge in [-0.2, -0.15) is 0 Å². The number of carbonyl (C=O) groups is 2. The molecule has 3 aromatic carbocycles. The van der Waals surface area contributed by atoms with E-state index in [1.165, 1.54) is 0 Å². The molecule has 0 aromatic heterocycles. The monoisotopic (exact) mass is 486 g/mol. The first kappa shape index (κ1) is 21.9. The first-order chi connectivity index (χ1) is 14.5. The van der Waals surface area contributed by atoms with E-state index in [4.69, 9.17) is 16.3 Å². The Morgan fingerprint density at radius 1 is 0.867 bits per heavy atom. The molecule has 5 nitrogen and oxygen atoms in total. The lowest BCUT2D eigenvalue weighted by atomic mass is 10.1. The van der Waals surface area contributed by atoms with Crippen molar-refractivity contribution in [1.82, 2.24) is 0 Å². The summed E-state index contributed by atoms with van der Waals surface area (Å²) in [5, 5.41) is 6.18. The van der Waals surface area contributed by atoms with Gasteiger partial charge in [0.1, 0.15) is 5.75 Å². The second kappa shape index (κ2) is 10.8. The molecule has 2 amide bonds. The van der Waals surface area contributed by atoms with Gasteiger partial charge in [0.05, 0.1) is 4.47 Å². The molecule has 0 aliphatic heterocycles. The zero-order valence-electron chi connectivity index (χ0n) is 16.0. The van der Waals surface area contributed by atoms with Crippen molar-refractivity contribution in [3.8, 4) is 5.75 Å². The van der Waals surface area contributed by atoms with E-state index in [0.717, 1.165) is 5.56 Å². The average molecular weight is 488 g/mol. The Bertz CT molecular complexity index is 1010. The third-order valence-corrected chi connectivity index (χ3v) is 5.04. The SMILES string of the molecule is O=C(CCc1ccccc1)Nc1ccc(NC(=O)COc2ccc(Cl)cc2Br)cc1. The van der Waals surface area contributed by atoms with E-state index in [1.54, 1.807) is 42.5 Å². The number of halogens is 2. The van der Waals surface area contributed by atoms with Gasteiger partial charge in [-0.05, 0) is 70.4 Å². The fourth-order valence-corrected chi connectivity index (χ4v) is 3.49. The highest BCUT2D eigenvalue weighted by molar-refractivity contribution is 9.10. The Morgan fingerprint density at radius 3 is 2.13 bits per heavy atom. The molecule has 2 N–H and O–H groups in total. The van der Waals surface area contributed by atoms with Crippen molar-refractivity contribution in [2.24, 2.45) is 0 Å². The van der Waals surface area contributed by atoms with E-state index in [2.05, 4.69) is 26.6 Å². The first-order valence-electron chi connectivity index (χ1n) is 9.31. The molecule has 0 heterocycles. The topological polar surface area (TPSA) is 67.4 Å². The van der Waals surface area contributed by atoms with E-state index in [0.29, 0.717) is 39.5 Å². The number of rotatable bonds is 8. The third kappa shape index (κ3) is 6.90. The minimum Gasteiger partial charge on any atom is -0.483 e. The van der Waals surface area contributed by atoms with Gasteiger partial charge >= 0.3 is 0 Å². The standard InChI is InChI=1S/C23H20BrClN2O3/c24-20-14-17(25)7-12-21(20)30-15-23(29)27-19-10-8-18(9-11-19)26-22(28)13-6-16-4-2-1-3-5-16/h1-5,7-12,14H,6,13,15H2,(H,26,28)(H,27,29). The number of benzene rings is 3. The van der Waals surface area contributed by atoms with Crippen LogP contribution in [0.3, 0.4) is 0 Å². The van der Waals surface area contributed by atoms with Crippen LogP contribution >= 0.6 is 27.5 Å². The van der Waals surface area contributed by atoms with E-state index in [9.17, 15) is 9.59 Å². The summed E-state index contributed by atoms with van der Waals surface area (Å²) < 4.78 is 6.17. The molecule has 30 heavy (non-hydrogen) atoms. The summed E-state index contributed by atoms with van der Waals surface area (Å²) in [6.45, 7) is -0.141. The van der Waals surface area contributed by atoms with Gasteiger partial charge in [-0.15, -0.1) is 0 Å². The number of hydrogen-bond acceptors (Lipinski definition) is 3. The summed E-state index contributed by atoms with van der Waals surface area (Å²) in [6, 6.07) is 21.9. The number of ether oxygens (including phenoxy) is 1. The van der Waals surface area contributed by atoms with Crippen LogP contribution in [0.15, 0.2) is 77.3 Å². The van der Waals surface area contributed by atoms with Gasteiger partial charge in [0.25, 0.3) is 5.91 Å². The minimum absolute atomic E-state index is 0.0578. The lowest BCUT2D eigenvalue weighted by Crippen LogP contribution is -2.20. The largest absolute Gasteiger partial charge is 0.483 e. The van der Waals surface area contributed by atoms with Gasteiger partial charge in [0.15, 0.2) is 6.61 Å². The molecule has 0 aliphatic carbocycles. The molecule has 7 heteroatoms. The number of nitrogens with one attached hydrogen (secondary N) is 2. The van der Waals surface area contributed by atoms with E-state index < -0.39 is 0 Å². The smallest absolute Gasteiger partial charge is 0.262 e. The molecular weight excluding hydrogens is 468 g/mol. The van der Waals surface area contributed by atoms with Crippen LogP contribution in [-0.4, -0.2) is 18.4 Å². The van der Waals surface area contributed by atoms with Gasteiger partial charge in [0, 0.05) is 22.8 Å². The van der Waals surface area contributed by atoms with Crippen molar-refractivity contribution in [2.45, 2.75) is 12.8 Å². The summed E-state index contributed by atoms with van der Waals surface area (Å²) in [4.78, 5) is 24.2. The Morgan fingerprint density at radius 2 is 1.50 bits per heavy atom. The fraction of sp³-hybridized carbons (Fsp3) is 0.130. The highest BCUT2D eigenvalue weighted by Crippen LogP contribution is 2.28. The molecule has 0 atom stereocenters. The molecule has 154 valence electrons. The van der Waals surface area contributed by atoms with E-state index in [-0.39, 0.29) is 18.4 Å². The van der Waals surface area contributed by atoms with Gasteiger partial charge in [-0.3, -0.25) is 9.59 Å². The third-order valence-electron chi connectivity index (χ3n) is 4.19. The van der Waals surface area contributed by atoms with Crippen molar-refractivity contribution in [3.63, 3.8) is 0 Å². The van der Waals surface area contributed by atoms with E-state index >= 15 is 0 Å². The van der Waals surface area contributed by atoms with Crippen LogP contribution in [0.1, 0.15) is 12.0 Å². The lowest BCUT2D eigenvalue weighted by molar-refractivity contribution is -0.118. The molecule has 3 rings (SSSR count). The predicted octanol–water partition coefficient (Wildman–Crippen LogP) is 5.69. The van der Waals surface area contributed by atoms with Crippen LogP contribution in [0.4, 0.5) is 11.4 Å². The summed E-state index contributed by atoms with van der Waals surface area (Å²) >= 11 is 9.23. The average Bonchev–Trinajstić information content (AvgIpc) is 2.74. The van der Waals surface area contributed by atoms with Gasteiger partial charge < -0.3 is 15.4 Å². The van der Waals surface area contributed by atoms with Crippen LogP contribution in [0.25, 0.3) is 0 Å². The molecule has 0 bridgehead atoms. The van der Waals surface area contributed by atoms with Crippen molar-refractivity contribution in [3.05, 3.63) is 87.9 Å². The second-order valence-electron chi connectivity index (χ2n) is 6.52. The molecule has 0 fully saturated rings. The minimum atomic E-state index is -0.295. The van der Waals surface area contributed by atoms with Gasteiger partial charge in [-0.1, -0.05) is 41.9 Å². The quantitative estimate of drug-likeness (QED) is 0.429. The second-order valence-corrected chi connectivity index (χ2v) is 7.81. The molecule has 0 unspecified atom stereocenters. The molecule has 0 radical (unpaired) electrons. The maximum atomic E-state index is 12.1. The zero-order valence-corrected chi connectivity index (χ0v) is 18.4. The zero-order chi connectivity index (χ0) is 21.3. The van der Waals surface area contributed by atoms with E-state index in [1.807, 2.05) is 30.3 Å². The Labute approximate surface area is 188 Å². The summed E-state index contributed by atoms with van der Waals surface area (Å²) in [7, 11) is 0. The molecule has 0 saturated heterocycles. The lowest BCUT2D eigenvalue weighted by Gasteiger charge is -2.10. The number of amides is 2. The highest BCUT2D eigenvalue weighted by atomic mass is 79.9. The number of anilines is 2. The summed E-state index contributed by atoms with van der Waals surface area (Å²) in [5.74, 6) is 0.178. The summed E-state index contributed by atoms with van der Waals surface area (Å²) in [6.07, 6.45) is 1.09. The van der Waals surface area contributed by atoms with Crippen molar-refractivity contribution >= 4 is 50.7 Å². The molecule has 0 aliphatic rings. The molecular formula is C23H20BrClN2O3. The normalized spacial score (nSPS) is 10.3. The summed E-state index contributed by atoms with van der Waals surface area (Å²) in [5.41, 5.74) is 2.41. The predicted molar refractivity (Wildman–Crippen MR) is 123 cm³/mol. The molecule has 3 aromatic rings. The maximum absolute atomic E-state index is 12.1.